The van der Waals surface area contributed by atoms with Crippen LogP contribution in [-0.2, 0) is 0 Å². The number of benzene rings is 1. The quantitative estimate of drug-likeness (QED) is 0.629. The van der Waals surface area contributed by atoms with Gasteiger partial charge in [-0.25, -0.2) is 4.98 Å². The topological polar surface area (TPSA) is 53.1 Å². The largest absolute Gasteiger partial charge is 0.362 e. The third kappa shape index (κ3) is 4.68. The normalized spacial score (nSPS) is 22.9. The number of piperidine rings is 1. The van der Waals surface area contributed by atoms with Crippen molar-refractivity contribution in [3.63, 3.8) is 0 Å². The van der Waals surface area contributed by atoms with E-state index in [1.165, 1.54) is 25.7 Å². The first-order valence-corrected chi connectivity index (χ1v) is 11.7. The van der Waals surface area contributed by atoms with Crippen molar-refractivity contribution < 1.29 is 0 Å². The molecule has 0 amide bonds. The lowest BCUT2D eigenvalue weighted by Gasteiger charge is -2.29. The van der Waals surface area contributed by atoms with Crippen LogP contribution in [0.3, 0.4) is 0 Å². The molecule has 0 aliphatic carbocycles. The molecule has 2 unspecified atom stereocenters. The first kappa shape index (κ1) is 21.7. The van der Waals surface area contributed by atoms with Crippen LogP contribution < -0.4 is 15.5 Å². The summed E-state index contributed by atoms with van der Waals surface area (Å²) in [7, 11) is 0. The van der Waals surface area contributed by atoms with Gasteiger partial charge in [0.05, 0.1) is 11.7 Å². The Morgan fingerprint density at radius 2 is 2.00 bits per heavy atom. The van der Waals surface area contributed by atoms with Gasteiger partial charge in [-0.05, 0) is 69.7 Å². The van der Waals surface area contributed by atoms with E-state index in [1.807, 2.05) is 19.9 Å². The molecule has 7 heteroatoms. The number of hydrogen-bond acceptors (Lipinski definition) is 5. The van der Waals surface area contributed by atoms with Crippen molar-refractivity contribution >= 4 is 35.0 Å². The van der Waals surface area contributed by atoms with Gasteiger partial charge < -0.3 is 15.5 Å². The lowest BCUT2D eigenvalue weighted by molar-refractivity contribution is 0.311. The Kier molecular flexibility index (Phi) is 6.71. The molecule has 2 fully saturated rings. The lowest BCUT2D eigenvalue weighted by atomic mass is 9.91. The fourth-order valence-corrected chi connectivity index (χ4v) is 5.16. The molecular formula is C23H31Cl2N5. The number of aryl methyl sites for hydroxylation is 2. The molecule has 4 rings (SSSR count). The summed E-state index contributed by atoms with van der Waals surface area (Å²) in [6, 6.07) is 6.72. The van der Waals surface area contributed by atoms with Gasteiger partial charge in [-0.15, -0.1) is 0 Å². The molecule has 162 valence electrons. The summed E-state index contributed by atoms with van der Waals surface area (Å²) in [4.78, 5) is 11.8. The highest BCUT2D eigenvalue weighted by molar-refractivity contribution is 6.33. The third-order valence-corrected chi connectivity index (χ3v) is 7.19. The Balaban J connectivity index is 1.51. The van der Waals surface area contributed by atoms with E-state index in [-0.39, 0.29) is 6.04 Å². The molecule has 0 saturated carbocycles. The Labute approximate surface area is 189 Å². The van der Waals surface area contributed by atoms with Crippen LogP contribution in [0.15, 0.2) is 18.2 Å². The van der Waals surface area contributed by atoms with Gasteiger partial charge in [-0.3, -0.25) is 0 Å². The zero-order valence-electron chi connectivity index (χ0n) is 18.0. The van der Waals surface area contributed by atoms with Crippen LogP contribution in [0.4, 0.5) is 11.8 Å². The summed E-state index contributed by atoms with van der Waals surface area (Å²) >= 11 is 13.0. The first-order chi connectivity index (χ1) is 14.4. The molecule has 5 nitrogen and oxygen atoms in total. The average molecular weight is 448 g/mol. The summed E-state index contributed by atoms with van der Waals surface area (Å²) in [6.45, 7) is 9.19. The molecular weight excluding hydrogens is 417 g/mol. The van der Waals surface area contributed by atoms with Crippen LogP contribution in [0, 0.1) is 19.8 Å². The highest BCUT2D eigenvalue weighted by Gasteiger charge is 2.32. The van der Waals surface area contributed by atoms with Crippen molar-refractivity contribution in [3.8, 4) is 0 Å². The van der Waals surface area contributed by atoms with E-state index in [2.05, 4.69) is 34.6 Å². The molecule has 2 aliphatic heterocycles. The Hall–Kier alpha value is -1.56. The van der Waals surface area contributed by atoms with E-state index in [9.17, 15) is 0 Å². The molecule has 2 N–H and O–H groups in total. The van der Waals surface area contributed by atoms with E-state index < -0.39 is 0 Å². The van der Waals surface area contributed by atoms with Gasteiger partial charge in [0.2, 0.25) is 5.95 Å². The molecule has 0 spiro atoms. The minimum absolute atomic E-state index is 0.0180. The lowest BCUT2D eigenvalue weighted by Crippen LogP contribution is -2.41. The van der Waals surface area contributed by atoms with Crippen molar-refractivity contribution in [3.05, 3.63) is 45.1 Å². The SMILES string of the molecule is Cc1ccc([C@@H](C)Nc2nc(N3CCC(C4CCCCN4)C3)nc(C)c2Cl)c(Cl)c1. The monoisotopic (exact) mass is 447 g/mol. The Morgan fingerprint density at radius 3 is 2.73 bits per heavy atom. The number of nitrogens with zero attached hydrogens (tertiary/aromatic N) is 3. The minimum Gasteiger partial charge on any atom is -0.362 e. The first-order valence-electron chi connectivity index (χ1n) is 11.0. The number of rotatable bonds is 5. The summed E-state index contributed by atoms with van der Waals surface area (Å²) < 4.78 is 0. The number of hydrogen-bond donors (Lipinski definition) is 2. The van der Waals surface area contributed by atoms with Gasteiger partial charge in [0.15, 0.2) is 5.82 Å². The smallest absolute Gasteiger partial charge is 0.227 e. The van der Waals surface area contributed by atoms with Crippen LogP contribution in [0.5, 0.6) is 0 Å². The molecule has 3 heterocycles. The van der Waals surface area contributed by atoms with Crippen LogP contribution in [0.2, 0.25) is 10.0 Å². The van der Waals surface area contributed by atoms with Gasteiger partial charge in [0.25, 0.3) is 0 Å². The van der Waals surface area contributed by atoms with E-state index in [0.717, 1.165) is 47.4 Å². The van der Waals surface area contributed by atoms with Crippen molar-refractivity contribution in [1.29, 1.82) is 0 Å². The second-order valence-electron chi connectivity index (χ2n) is 8.71. The Bertz CT molecular complexity index is 897. The van der Waals surface area contributed by atoms with Gasteiger partial charge in [0.1, 0.15) is 5.02 Å². The average Bonchev–Trinajstić information content (AvgIpc) is 3.22. The maximum absolute atomic E-state index is 6.57. The molecule has 2 saturated heterocycles. The maximum atomic E-state index is 6.57. The third-order valence-electron chi connectivity index (χ3n) is 6.41. The van der Waals surface area contributed by atoms with E-state index in [4.69, 9.17) is 33.2 Å². The van der Waals surface area contributed by atoms with E-state index in [0.29, 0.717) is 22.8 Å². The highest BCUT2D eigenvalue weighted by Crippen LogP contribution is 2.33. The second-order valence-corrected chi connectivity index (χ2v) is 9.50. The second kappa shape index (κ2) is 9.29. The zero-order chi connectivity index (χ0) is 21.3. The number of halogens is 2. The molecule has 1 aromatic carbocycles. The fourth-order valence-electron chi connectivity index (χ4n) is 4.63. The predicted molar refractivity (Wildman–Crippen MR) is 126 cm³/mol. The van der Waals surface area contributed by atoms with Crippen LogP contribution in [0.25, 0.3) is 0 Å². The van der Waals surface area contributed by atoms with E-state index in [1.54, 1.807) is 0 Å². The minimum atomic E-state index is -0.0180. The van der Waals surface area contributed by atoms with Gasteiger partial charge in [0, 0.05) is 24.2 Å². The summed E-state index contributed by atoms with van der Waals surface area (Å²) in [6.07, 6.45) is 5.09. The zero-order valence-corrected chi connectivity index (χ0v) is 19.5. The van der Waals surface area contributed by atoms with Gasteiger partial charge in [-0.2, -0.15) is 4.98 Å². The number of aromatic nitrogens is 2. The molecule has 3 atom stereocenters. The van der Waals surface area contributed by atoms with E-state index >= 15 is 0 Å². The van der Waals surface area contributed by atoms with Crippen molar-refractivity contribution in [2.75, 3.05) is 29.9 Å². The number of anilines is 2. The number of nitrogens with one attached hydrogen (secondary N) is 2. The summed E-state index contributed by atoms with van der Waals surface area (Å²) in [5, 5.41) is 8.48. The molecule has 1 aromatic heterocycles. The van der Waals surface area contributed by atoms with Crippen LogP contribution >= 0.6 is 23.2 Å². The molecule has 0 radical (unpaired) electrons. The van der Waals surface area contributed by atoms with Crippen LogP contribution in [0.1, 0.15) is 55.5 Å². The van der Waals surface area contributed by atoms with Crippen molar-refractivity contribution in [2.24, 2.45) is 5.92 Å². The highest BCUT2D eigenvalue weighted by atomic mass is 35.5. The van der Waals surface area contributed by atoms with Crippen LogP contribution in [-0.4, -0.2) is 35.6 Å². The molecule has 2 aromatic rings. The standard InChI is InChI=1S/C23H31Cl2N5/c1-14-7-8-18(19(24)12-14)15(2)27-22-21(25)16(3)28-23(29-22)30-11-9-17(13-30)20-6-4-5-10-26-20/h7-8,12,15,17,20,26H,4-6,9-11,13H2,1-3H3,(H,27,28,29)/t15-,17?,20?/m1/s1. The van der Waals surface area contributed by atoms with Crippen molar-refractivity contribution in [1.82, 2.24) is 15.3 Å². The molecule has 2 aliphatic rings. The molecule has 0 bridgehead atoms. The fraction of sp³-hybridized carbons (Fsp3) is 0.565. The van der Waals surface area contributed by atoms with Gasteiger partial charge in [-0.1, -0.05) is 41.8 Å². The molecule has 30 heavy (non-hydrogen) atoms. The van der Waals surface area contributed by atoms with Crippen molar-refractivity contribution in [2.45, 2.75) is 58.5 Å². The summed E-state index contributed by atoms with van der Waals surface area (Å²) in [5.74, 6) is 2.09. The predicted octanol–water partition coefficient (Wildman–Crippen LogP) is 5.54. The summed E-state index contributed by atoms with van der Waals surface area (Å²) in [5.41, 5.74) is 2.97. The Morgan fingerprint density at radius 1 is 1.17 bits per heavy atom. The van der Waals surface area contributed by atoms with Gasteiger partial charge >= 0.3 is 0 Å². The maximum Gasteiger partial charge on any atom is 0.227 e.